The van der Waals surface area contributed by atoms with Crippen LogP contribution in [0.5, 0.6) is 11.5 Å². The van der Waals surface area contributed by atoms with Crippen molar-refractivity contribution in [3.05, 3.63) is 58.1 Å². The van der Waals surface area contributed by atoms with Crippen molar-refractivity contribution >= 4 is 24.0 Å². The first-order valence-electron chi connectivity index (χ1n) is 8.90. The minimum Gasteiger partial charge on any atom is -0.490 e. The van der Waals surface area contributed by atoms with Crippen molar-refractivity contribution in [1.82, 2.24) is 5.32 Å². The van der Waals surface area contributed by atoms with E-state index in [2.05, 4.69) is 50.4 Å². The van der Waals surface area contributed by atoms with E-state index in [1.54, 1.807) is 0 Å². The number of hydrogen-bond donors (Lipinski definition) is 1. The molecule has 2 aromatic carbocycles. The Kier molecular flexibility index (Phi) is 9.85. The third-order valence-corrected chi connectivity index (χ3v) is 4.42. The zero-order chi connectivity index (χ0) is 18.2. The number of nitrogens with one attached hydrogen (secondary N) is 1. The number of halogens is 2. The Hall–Kier alpha value is -1.42. The van der Waals surface area contributed by atoms with Crippen LogP contribution in [0, 0.1) is 6.92 Å². The Morgan fingerprint density at radius 2 is 1.73 bits per heavy atom. The number of ether oxygens (including phenoxy) is 2. The van der Waals surface area contributed by atoms with E-state index in [4.69, 9.17) is 21.1 Å². The summed E-state index contributed by atoms with van der Waals surface area (Å²) in [5, 5.41) is 4.06. The van der Waals surface area contributed by atoms with Crippen LogP contribution in [0.1, 0.15) is 43.9 Å². The first-order valence-corrected chi connectivity index (χ1v) is 9.28. The Morgan fingerprint density at radius 1 is 1.04 bits per heavy atom. The summed E-state index contributed by atoms with van der Waals surface area (Å²) in [5.74, 6) is 1.31. The molecule has 0 saturated carbocycles. The molecule has 2 aromatic rings. The maximum absolute atomic E-state index is 6.48. The van der Waals surface area contributed by atoms with Crippen molar-refractivity contribution in [1.29, 1.82) is 0 Å². The molecule has 0 saturated heterocycles. The van der Waals surface area contributed by atoms with E-state index in [0.29, 0.717) is 35.8 Å². The van der Waals surface area contributed by atoms with Crippen molar-refractivity contribution in [3.8, 4) is 11.5 Å². The fourth-order valence-electron chi connectivity index (χ4n) is 2.40. The second-order valence-electron chi connectivity index (χ2n) is 6.30. The third-order valence-electron chi connectivity index (χ3n) is 4.14. The highest BCUT2D eigenvalue weighted by atomic mass is 35.5. The Bertz CT molecular complexity index is 674. The van der Waals surface area contributed by atoms with Crippen molar-refractivity contribution in [2.75, 3.05) is 6.61 Å². The molecule has 0 heterocycles. The van der Waals surface area contributed by atoms with Gasteiger partial charge in [0.15, 0.2) is 11.5 Å². The zero-order valence-electron chi connectivity index (χ0n) is 16.0. The lowest BCUT2D eigenvalue weighted by Crippen LogP contribution is -2.24. The van der Waals surface area contributed by atoms with Crippen LogP contribution in [0.3, 0.4) is 0 Å². The molecule has 0 aromatic heterocycles. The molecule has 1 atom stereocenters. The molecule has 144 valence electrons. The van der Waals surface area contributed by atoms with Crippen molar-refractivity contribution in [2.24, 2.45) is 0 Å². The van der Waals surface area contributed by atoms with Crippen LogP contribution in [0.2, 0.25) is 5.02 Å². The van der Waals surface area contributed by atoms with Gasteiger partial charge in [-0.25, -0.2) is 0 Å². The van der Waals surface area contributed by atoms with E-state index in [0.717, 1.165) is 24.1 Å². The molecule has 0 fully saturated rings. The van der Waals surface area contributed by atoms with E-state index < -0.39 is 0 Å². The van der Waals surface area contributed by atoms with Crippen LogP contribution in [0.4, 0.5) is 0 Å². The summed E-state index contributed by atoms with van der Waals surface area (Å²) in [5.41, 5.74) is 3.43. The topological polar surface area (TPSA) is 30.5 Å². The summed E-state index contributed by atoms with van der Waals surface area (Å²) in [6.45, 7) is 10.2. The molecule has 0 radical (unpaired) electrons. The summed E-state index contributed by atoms with van der Waals surface area (Å²) in [7, 11) is 0. The van der Waals surface area contributed by atoms with Crippen LogP contribution < -0.4 is 14.8 Å². The minimum atomic E-state index is 0. The Morgan fingerprint density at radius 3 is 2.35 bits per heavy atom. The lowest BCUT2D eigenvalue weighted by molar-refractivity contribution is 0.269. The van der Waals surface area contributed by atoms with Gasteiger partial charge in [0.2, 0.25) is 0 Å². The molecule has 1 N–H and O–H groups in total. The maximum atomic E-state index is 6.48. The highest BCUT2D eigenvalue weighted by Crippen LogP contribution is 2.37. The zero-order valence-corrected chi connectivity index (χ0v) is 17.5. The van der Waals surface area contributed by atoms with E-state index in [-0.39, 0.29) is 12.4 Å². The van der Waals surface area contributed by atoms with Crippen molar-refractivity contribution < 1.29 is 9.47 Å². The van der Waals surface area contributed by atoms with Crippen molar-refractivity contribution in [2.45, 2.75) is 53.3 Å². The monoisotopic (exact) mass is 397 g/mol. The fourth-order valence-corrected chi connectivity index (χ4v) is 2.69. The predicted molar refractivity (Wildman–Crippen MR) is 112 cm³/mol. The lowest BCUT2D eigenvalue weighted by Gasteiger charge is -2.17. The second kappa shape index (κ2) is 11.3. The number of aryl methyl sites for hydroxylation is 1. The standard InChI is InChI=1S/C21H28ClNO2.ClH/c1-5-16(4)23-13-18-11-19(22)21(20(12-18)24-6-2)25-14-17-9-7-15(3)8-10-17;/h7-12,16,23H,5-6,13-14H2,1-4H3;1H. The summed E-state index contributed by atoms with van der Waals surface area (Å²) < 4.78 is 11.7. The van der Waals surface area contributed by atoms with Crippen LogP contribution in [0.15, 0.2) is 36.4 Å². The minimum absolute atomic E-state index is 0. The average molecular weight is 398 g/mol. The third kappa shape index (κ3) is 6.71. The molecule has 2 rings (SSSR count). The molecule has 5 heteroatoms. The molecule has 26 heavy (non-hydrogen) atoms. The fraction of sp³-hybridized carbons (Fsp3) is 0.429. The van der Waals surface area contributed by atoms with Crippen LogP contribution in [0.25, 0.3) is 0 Å². The Balaban J connectivity index is 0.00000338. The highest BCUT2D eigenvalue weighted by molar-refractivity contribution is 6.32. The van der Waals surface area contributed by atoms with Crippen LogP contribution in [-0.2, 0) is 13.2 Å². The van der Waals surface area contributed by atoms with Gasteiger partial charge in [-0.2, -0.15) is 0 Å². The molecule has 1 unspecified atom stereocenters. The van der Waals surface area contributed by atoms with Gasteiger partial charge in [-0.1, -0.05) is 48.4 Å². The largest absolute Gasteiger partial charge is 0.490 e. The van der Waals surface area contributed by atoms with Gasteiger partial charge < -0.3 is 14.8 Å². The summed E-state index contributed by atoms with van der Waals surface area (Å²) in [6.07, 6.45) is 1.09. The van der Waals surface area contributed by atoms with E-state index in [9.17, 15) is 0 Å². The number of benzene rings is 2. The van der Waals surface area contributed by atoms with Gasteiger partial charge in [-0.05, 0) is 50.5 Å². The smallest absolute Gasteiger partial charge is 0.180 e. The Labute approximate surface area is 168 Å². The summed E-state index contributed by atoms with van der Waals surface area (Å²) >= 11 is 6.48. The molecule has 0 amide bonds. The van der Waals surface area contributed by atoms with Gasteiger partial charge in [-0.3, -0.25) is 0 Å². The molecule has 0 aliphatic heterocycles. The lowest BCUT2D eigenvalue weighted by atomic mass is 10.1. The van der Waals surface area contributed by atoms with Gasteiger partial charge in [0.1, 0.15) is 6.61 Å². The normalized spacial score (nSPS) is 11.6. The highest BCUT2D eigenvalue weighted by Gasteiger charge is 2.13. The van der Waals surface area contributed by atoms with Gasteiger partial charge in [0.05, 0.1) is 11.6 Å². The van der Waals surface area contributed by atoms with Gasteiger partial charge in [0, 0.05) is 12.6 Å². The summed E-state index contributed by atoms with van der Waals surface area (Å²) in [6, 6.07) is 12.7. The number of hydrogen-bond acceptors (Lipinski definition) is 3. The molecule has 0 aliphatic rings. The SMILES string of the molecule is CCOc1cc(CNC(C)CC)cc(Cl)c1OCc1ccc(C)cc1.Cl. The van der Waals surface area contributed by atoms with E-state index in [1.165, 1.54) is 5.56 Å². The first-order chi connectivity index (χ1) is 12.0. The quantitative estimate of drug-likeness (QED) is 0.567. The average Bonchev–Trinajstić information content (AvgIpc) is 2.60. The molecule has 0 aliphatic carbocycles. The van der Waals surface area contributed by atoms with Crippen LogP contribution >= 0.6 is 24.0 Å². The molecule has 3 nitrogen and oxygen atoms in total. The first kappa shape index (κ1) is 22.6. The van der Waals surface area contributed by atoms with Crippen LogP contribution in [-0.4, -0.2) is 12.6 Å². The molecular formula is C21H29Cl2NO2. The van der Waals surface area contributed by atoms with E-state index in [1.807, 2.05) is 19.1 Å². The van der Waals surface area contributed by atoms with Crippen molar-refractivity contribution in [3.63, 3.8) is 0 Å². The van der Waals surface area contributed by atoms with E-state index >= 15 is 0 Å². The number of rotatable bonds is 9. The molecule has 0 spiro atoms. The van der Waals surface area contributed by atoms with Gasteiger partial charge in [-0.15, -0.1) is 12.4 Å². The van der Waals surface area contributed by atoms with Gasteiger partial charge >= 0.3 is 0 Å². The molecular weight excluding hydrogens is 369 g/mol. The second-order valence-corrected chi connectivity index (χ2v) is 6.71. The summed E-state index contributed by atoms with van der Waals surface area (Å²) in [4.78, 5) is 0. The predicted octanol–water partition coefficient (Wildman–Crippen LogP) is 5.94. The maximum Gasteiger partial charge on any atom is 0.180 e. The molecule has 0 bridgehead atoms. The van der Waals surface area contributed by atoms with Gasteiger partial charge in [0.25, 0.3) is 0 Å².